The Morgan fingerprint density at radius 1 is 1.54 bits per heavy atom. The highest BCUT2D eigenvalue weighted by Gasteiger charge is 2.42. The fraction of sp³-hybridized carbons (Fsp3) is 1.00. The van der Waals surface area contributed by atoms with Gasteiger partial charge >= 0.3 is 6.18 Å². The summed E-state index contributed by atoms with van der Waals surface area (Å²) in [5.74, 6) is 0. The summed E-state index contributed by atoms with van der Waals surface area (Å²) in [6.45, 7) is 0.160. The SMILES string of the molecule is COCC1CNC(C(F)(F)F)CO1. The van der Waals surface area contributed by atoms with Gasteiger partial charge in [0.15, 0.2) is 0 Å². The van der Waals surface area contributed by atoms with Crippen LogP contribution in [0, 0.1) is 0 Å². The van der Waals surface area contributed by atoms with Crippen LogP contribution in [0.5, 0.6) is 0 Å². The monoisotopic (exact) mass is 199 g/mol. The van der Waals surface area contributed by atoms with Gasteiger partial charge in [-0.25, -0.2) is 0 Å². The summed E-state index contributed by atoms with van der Waals surface area (Å²) in [7, 11) is 1.49. The van der Waals surface area contributed by atoms with Gasteiger partial charge in [-0.3, -0.25) is 0 Å². The zero-order chi connectivity index (χ0) is 9.90. The number of rotatable bonds is 2. The van der Waals surface area contributed by atoms with Crippen molar-refractivity contribution in [2.75, 3.05) is 26.9 Å². The van der Waals surface area contributed by atoms with Crippen LogP contribution in [-0.4, -0.2) is 45.2 Å². The molecule has 1 saturated heterocycles. The predicted octanol–water partition coefficient (Wildman–Crippen LogP) is 0.552. The number of hydrogen-bond acceptors (Lipinski definition) is 3. The molecule has 0 bridgehead atoms. The lowest BCUT2D eigenvalue weighted by atomic mass is 10.2. The van der Waals surface area contributed by atoms with Gasteiger partial charge in [-0.15, -0.1) is 0 Å². The van der Waals surface area contributed by atoms with Gasteiger partial charge in [0.2, 0.25) is 0 Å². The molecule has 0 aromatic carbocycles. The van der Waals surface area contributed by atoms with Gasteiger partial charge < -0.3 is 14.8 Å². The molecule has 0 aromatic heterocycles. The van der Waals surface area contributed by atoms with Crippen LogP contribution < -0.4 is 5.32 Å². The molecular weight excluding hydrogens is 187 g/mol. The minimum Gasteiger partial charge on any atom is -0.382 e. The minimum absolute atomic E-state index is 0.179. The molecule has 1 aliphatic heterocycles. The number of hydrogen-bond donors (Lipinski definition) is 1. The normalized spacial score (nSPS) is 30.5. The van der Waals surface area contributed by atoms with E-state index in [4.69, 9.17) is 9.47 Å². The van der Waals surface area contributed by atoms with Crippen LogP contribution in [-0.2, 0) is 9.47 Å². The third-order valence-electron chi connectivity index (χ3n) is 1.84. The van der Waals surface area contributed by atoms with Crippen LogP contribution in [0.3, 0.4) is 0 Å². The van der Waals surface area contributed by atoms with Crippen LogP contribution in [0.25, 0.3) is 0 Å². The van der Waals surface area contributed by atoms with E-state index in [9.17, 15) is 13.2 Å². The lowest BCUT2D eigenvalue weighted by Gasteiger charge is -2.30. The number of morpholine rings is 1. The van der Waals surface area contributed by atoms with E-state index in [2.05, 4.69) is 5.32 Å². The molecular formula is C7H12F3NO2. The largest absolute Gasteiger partial charge is 0.406 e. The van der Waals surface area contributed by atoms with Crippen molar-refractivity contribution in [2.24, 2.45) is 0 Å². The molecule has 1 rings (SSSR count). The number of halogens is 3. The molecule has 1 fully saturated rings. The Hall–Kier alpha value is -0.330. The van der Waals surface area contributed by atoms with E-state index in [-0.39, 0.29) is 19.3 Å². The number of alkyl halides is 3. The van der Waals surface area contributed by atoms with E-state index in [1.807, 2.05) is 0 Å². The second-order valence-corrected chi connectivity index (χ2v) is 2.91. The maximum absolute atomic E-state index is 12.1. The third-order valence-corrected chi connectivity index (χ3v) is 1.84. The van der Waals surface area contributed by atoms with Crippen molar-refractivity contribution in [3.63, 3.8) is 0 Å². The Morgan fingerprint density at radius 3 is 2.62 bits per heavy atom. The summed E-state index contributed by atoms with van der Waals surface area (Å²) in [6, 6.07) is -1.54. The first-order chi connectivity index (χ1) is 6.04. The second kappa shape index (κ2) is 4.26. The molecule has 0 spiro atoms. The highest BCUT2D eigenvalue weighted by atomic mass is 19.4. The van der Waals surface area contributed by atoms with Crippen molar-refractivity contribution in [2.45, 2.75) is 18.3 Å². The first kappa shape index (κ1) is 10.7. The molecule has 0 aromatic rings. The first-order valence-corrected chi connectivity index (χ1v) is 3.94. The quantitative estimate of drug-likeness (QED) is 0.704. The highest BCUT2D eigenvalue weighted by molar-refractivity contribution is 4.81. The topological polar surface area (TPSA) is 30.5 Å². The molecule has 2 unspecified atom stereocenters. The van der Waals surface area contributed by atoms with Gasteiger partial charge in [0, 0.05) is 13.7 Å². The van der Waals surface area contributed by atoms with Crippen LogP contribution in [0.15, 0.2) is 0 Å². The number of methoxy groups -OCH3 is 1. The smallest absolute Gasteiger partial charge is 0.382 e. The molecule has 78 valence electrons. The van der Waals surface area contributed by atoms with Crippen molar-refractivity contribution in [3.05, 3.63) is 0 Å². The number of nitrogens with one attached hydrogen (secondary N) is 1. The summed E-state index contributed by atoms with van der Waals surface area (Å²) in [5, 5.41) is 2.36. The fourth-order valence-corrected chi connectivity index (χ4v) is 1.13. The lowest BCUT2D eigenvalue weighted by molar-refractivity contribution is -0.187. The molecule has 6 heteroatoms. The summed E-state index contributed by atoms with van der Waals surface area (Å²) >= 11 is 0. The third kappa shape index (κ3) is 3.13. The summed E-state index contributed by atoms with van der Waals surface area (Å²) in [4.78, 5) is 0. The summed E-state index contributed by atoms with van der Waals surface area (Å²) in [5.41, 5.74) is 0. The molecule has 0 amide bonds. The van der Waals surface area contributed by atoms with Gasteiger partial charge in [0.05, 0.1) is 19.3 Å². The average molecular weight is 199 g/mol. The predicted molar refractivity (Wildman–Crippen MR) is 39.5 cm³/mol. The summed E-state index contributed by atoms with van der Waals surface area (Å²) < 4.78 is 45.9. The molecule has 1 N–H and O–H groups in total. The standard InChI is InChI=1S/C7H12F3NO2/c1-12-3-5-2-11-6(4-13-5)7(8,9)10/h5-6,11H,2-4H2,1H3. The molecule has 3 nitrogen and oxygen atoms in total. The zero-order valence-corrected chi connectivity index (χ0v) is 7.23. The van der Waals surface area contributed by atoms with Gasteiger partial charge in [-0.2, -0.15) is 13.2 Å². The molecule has 0 radical (unpaired) electrons. The summed E-state index contributed by atoms with van der Waals surface area (Å²) in [6.07, 6.45) is -4.50. The van der Waals surface area contributed by atoms with E-state index >= 15 is 0 Å². The molecule has 2 atom stereocenters. The van der Waals surface area contributed by atoms with Crippen LogP contribution in [0.4, 0.5) is 13.2 Å². The fourth-order valence-electron chi connectivity index (χ4n) is 1.13. The van der Waals surface area contributed by atoms with E-state index in [1.165, 1.54) is 7.11 Å². The Labute approximate surface area is 74.2 Å². The van der Waals surface area contributed by atoms with Crippen molar-refractivity contribution in [1.82, 2.24) is 5.32 Å². The van der Waals surface area contributed by atoms with Gasteiger partial charge in [-0.1, -0.05) is 0 Å². The van der Waals surface area contributed by atoms with E-state index in [0.29, 0.717) is 6.61 Å². The van der Waals surface area contributed by atoms with Crippen LogP contribution >= 0.6 is 0 Å². The Morgan fingerprint density at radius 2 is 2.23 bits per heavy atom. The maximum atomic E-state index is 12.1. The van der Waals surface area contributed by atoms with Crippen molar-refractivity contribution < 1.29 is 22.6 Å². The lowest BCUT2D eigenvalue weighted by Crippen LogP contribution is -2.54. The highest BCUT2D eigenvalue weighted by Crippen LogP contribution is 2.22. The Kier molecular flexibility index (Phi) is 3.52. The zero-order valence-electron chi connectivity index (χ0n) is 7.23. The van der Waals surface area contributed by atoms with Crippen molar-refractivity contribution >= 4 is 0 Å². The van der Waals surface area contributed by atoms with Crippen molar-refractivity contribution in [1.29, 1.82) is 0 Å². The first-order valence-electron chi connectivity index (χ1n) is 3.94. The van der Waals surface area contributed by atoms with E-state index in [0.717, 1.165) is 0 Å². The van der Waals surface area contributed by atoms with E-state index in [1.54, 1.807) is 0 Å². The maximum Gasteiger partial charge on any atom is 0.406 e. The van der Waals surface area contributed by atoms with Crippen molar-refractivity contribution in [3.8, 4) is 0 Å². The molecule has 0 aliphatic carbocycles. The average Bonchev–Trinajstić information content (AvgIpc) is 2.04. The number of ether oxygens (including phenoxy) is 2. The van der Waals surface area contributed by atoms with Gasteiger partial charge in [0.1, 0.15) is 6.04 Å². The second-order valence-electron chi connectivity index (χ2n) is 2.91. The van der Waals surface area contributed by atoms with Gasteiger partial charge in [-0.05, 0) is 0 Å². The molecule has 1 heterocycles. The van der Waals surface area contributed by atoms with Crippen LogP contribution in [0.2, 0.25) is 0 Å². The Balaban J connectivity index is 2.30. The van der Waals surface area contributed by atoms with Crippen LogP contribution in [0.1, 0.15) is 0 Å². The molecule has 1 aliphatic rings. The van der Waals surface area contributed by atoms with Gasteiger partial charge in [0.25, 0.3) is 0 Å². The van der Waals surface area contributed by atoms with E-state index < -0.39 is 12.2 Å². The minimum atomic E-state index is -4.22. The molecule has 0 saturated carbocycles. The molecule has 13 heavy (non-hydrogen) atoms. The Bertz CT molecular complexity index is 154.